The molecule has 0 amide bonds. The first kappa shape index (κ1) is 10.3. The molecule has 74 valence electrons. The molecule has 14 heavy (non-hydrogen) atoms. The average Bonchev–Trinajstić information content (AvgIpc) is 2.20. The second-order valence-electron chi connectivity index (χ2n) is 2.54. The van der Waals surface area contributed by atoms with Crippen molar-refractivity contribution in [2.45, 2.75) is 0 Å². The number of hydrogen-bond donors (Lipinski definition) is 1. The van der Waals surface area contributed by atoms with E-state index < -0.39 is 0 Å². The van der Waals surface area contributed by atoms with Gasteiger partial charge < -0.3 is 15.2 Å². The summed E-state index contributed by atoms with van der Waals surface area (Å²) in [7, 11) is 1.58. The number of methoxy groups -OCH3 is 1. The van der Waals surface area contributed by atoms with Gasteiger partial charge in [0, 0.05) is 7.11 Å². The van der Waals surface area contributed by atoms with E-state index in [0.29, 0.717) is 24.8 Å². The standard InChI is InChI=1S/C9H11N3O2/c1-13-4-5-14-8-2-3-9(11)12-7(8)6-10/h2-3H,4-5H2,1H3,(H2,11,12). The number of nitriles is 1. The number of aromatic nitrogens is 1. The summed E-state index contributed by atoms with van der Waals surface area (Å²) in [5.74, 6) is 0.736. The van der Waals surface area contributed by atoms with Crippen LogP contribution in [-0.4, -0.2) is 25.3 Å². The fourth-order valence-electron chi connectivity index (χ4n) is 0.893. The molecule has 5 nitrogen and oxygen atoms in total. The maximum Gasteiger partial charge on any atom is 0.184 e. The van der Waals surface area contributed by atoms with E-state index in [1.165, 1.54) is 0 Å². The van der Waals surface area contributed by atoms with Gasteiger partial charge in [-0.1, -0.05) is 0 Å². The molecule has 2 N–H and O–H groups in total. The normalized spacial score (nSPS) is 9.43. The summed E-state index contributed by atoms with van der Waals surface area (Å²) in [4.78, 5) is 3.82. The van der Waals surface area contributed by atoms with Crippen LogP contribution in [0, 0.1) is 11.3 Å². The number of nitrogens with two attached hydrogens (primary N) is 1. The first-order valence-electron chi connectivity index (χ1n) is 4.06. The number of hydrogen-bond acceptors (Lipinski definition) is 5. The van der Waals surface area contributed by atoms with Crippen LogP contribution in [0.15, 0.2) is 12.1 Å². The molecule has 0 aliphatic carbocycles. The van der Waals surface area contributed by atoms with Gasteiger partial charge in [-0.2, -0.15) is 5.26 Å². The third-order valence-electron chi connectivity index (χ3n) is 1.53. The molecule has 1 rings (SSSR count). The molecule has 0 saturated carbocycles. The zero-order valence-corrected chi connectivity index (χ0v) is 7.86. The molecule has 0 spiro atoms. The Morgan fingerprint density at radius 1 is 1.50 bits per heavy atom. The van der Waals surface area contributed by atoms with E-state index in [1.54, 1.807) is 19.2 Å². The lowest BCUT2D eigenvalue weighted by molar-refractivity contribution is 0.146. The van der Waals surface area contributed by atoms with Gasteiger partial charge in [-0.15, -0.1) is 0 Å². The summed E-state index contributed by atoms with van der Waals surface area (Å²) in [6.45, 7) is 0.853. The highest BCUT2D eigenvalue weighted by Gasteiger charge is 2.04. The highest BCUT2D eigenvalue weighted by atomic mass is 16.5. The van der Waals surface area contributed by atoms with Crippen molar-refractivity contribution < 1.29 is 9.47 Å². The van der Waals surface area contributed by atoms with Crippen LogP contribution in [0.5, 0.6) is 5.75 Å². The van der Waals surface area contributed by atoms with Gasteiger partial charge in [0.05, 0.1) is 6.61 Å². The molecule has 1 aromatic heterocycles. The molecule has 0 unspecified atom stereocenters. The van der Waals surface area contributed by atoms with Gasteiger partial charge in [0.25, 0.3) is 0 Å². The van der Waals surface area contributed by atoms with Crippen LogP contribution in [0.25, 0.3) is 0 Å². The van der Waals surface area contributed by atoms with Gasteiger partial charge in [0.15, 0.2) is 11.4 Å². The van der Waals surface area contributed by atoms with Crippen LogP contribution < -0.4 is 10.5 Å². The van der Waals surface area contributed by atoms with Crippen molar-refractivity contribution in [1.29, 1.82) is 5.26 Å². The largest absolute Gasteiger partial charge is 0.488 e. The van der Waals surface area contributed by atoms with E-state index in [1.807, 2.05) is 6.07 Å². The molecule has 0 atom stereocenters. The highest BCUT2D eigenvalue weighted by molar-refractivity contribution is 5.43. The lowest BCUT2D eigenvalue weighted by Gasteiger charge is -2.06. The maximum absolute atomic E-state index is 8.72. The van der Waals surface area contributed by atoms with Crippen molar-refractivity contribution in [3.63, 3.8) is 0 Å². The van der Waals surface area contributed by atoms with E-state index in [-0.39, 0.29) is 5.69 Å². The molecular weight excluding hydrogens is 182 g/mol. The van der Waals surface area contributed by atoms with E-state index in [2.05, 4.69) is 4.98 Å². The third kappa shape index (κ3) is 2.61. The molecule has 0 bridgehead atoms. The summed E-state index contributed by atoms with van der Waals surface area (Å²) in [6, 6.07) is 5.11. The molecule has 5 heteroatoms. The molecule has 0 aliphatic heterocycles. The third-order valence-corrected chi connectivity index (χ3v) is 1.53. The quantitative estimate of drug-likeness (QED) is 0.706. The van der Waals surface area contributed by atoms with Crippen molar-refractivity contribution >= 4 is 5.82 Å². The van der Waals surface area contributed by atoms with E-state index in [0.717, 1.165) is 0 Å². The predicted molar refractivity (Wildman–Crippen MR) is 50.7 cm³/mol. The smallest absolute Gasteiger partial charge is 0.184 e. The number of anilines is 1. The van der Waals surface area contributed by atoms with Gasteiger partial charge in [0.2, 0.25) is 0 Å². The first-order chi connectivity index (χ1) is 6.77. The Morgan fingerprint density at radius 3 is 2.93 bits per heavy atom. The Morgan fingerprint density at radius 2 is 2.29 bits per heavy atom. The summed E-state index contributed by atoms with van der Waals surface area (Å²) in [6.07, 6.45) is 0. The zero-order chi connectivity index (χ0) is 10.4. The summed E-state index contributed by atoms with van der Waals surface area (Å²) in [5.41, 5.74) is 5.61. The van der Waals surface area contributed by atoms with Crippen LogP contribution in [0.1, 0.15) is 5.69 Å². The van der Waals surface area contributed by atoms with E-state index in [9.17, 15) is 0 Å². The second kappa shape index (κ2) is 5.04. The molecule has 0 radical (unpaired) electrons. The topological polar surface area (TPSA) is 81.2 Å². The number of nitrogens with zero attached hydrogens (tertiary/aromatic N) is 2. The molecule has 0 aromatic carbocycles. The van der Waals surface area contributed by atoms with Crippen molar-refractivity contribution in [3.8, 4) is 11.8 Å². The van der Waals surface area contributed by atoms with Crippen molar-refractivity contribution in [1.82, 2.24) is 4.98 Å². The Hall–Kier alpha value is -1.80. The fourth-order valence-corrected chi connectivity index (χ4v) is 0.893. The van der Waals surface area contributed by atoms with Crippen LogP contribution in [0.3, 0.4) is 0 Å². The highest BCUT2D eigenvalue weighted by Crippen LogP contribution is 2.16. The number of ether oxygens (including phenoxy) is 2. The Kier molecular flexibility index (Phi) is 3.70. The van der Waals surface area contributed by atoms with Gasteiger partial charge in [-0.05, 0) is 12.1 Å². The minimum Gasteiger partial charge on any atom is -0.488 e. The molecule has 1 heterocycles. The Balaban J connectivity index is 2.72. The van der Waals surface area contributed by atoms with Gasteiger partial charge in [-0.3, -0.25) is 0 Å². The fraction of sp³-hybridized carbons (Fsp3) is 0.333. The van der Waals surface area contributed by atoms with E-state index >= 15 is 0 Å². The summed E-state index contributed by atoms with van der Waals surface area (Å²) >= 11 is 0. The number of pyridine rings is 1. The number of nitrogen functional groups attached to an aromatic ring is 1. The van der Waals surface area contributed by atoms with Crippen molar-refractivity contribution in [3.05, 3.63) is 17.8 Å². The van der Waals surface area contributed by atoms with Crippen LogP contribution in [-0.2, 0) is 4.74 Å². The van der Waals surface area contributed by atoms with Gasteiger partial charge >= 0.3 is 0 Å². The average molecular weight is 193 g/mol. The molecule has 1 aromatic rings. The minimum absolute atomic E-state index is 0.195. The Bertz CT molecular complexity index is 346. The van der Waals surface area contributed by atoms with Crippen LogP contribution >= 0.6 is 0 Å². The van der Waals surface area contributed by atoms with Gasteiger partial charge in [-0.25, -0.2) is 4.98 Å². The lowest BCUT2D eigenvalue weighted by Crippen LogP contribution is -2.06. The maximum atomic E-state index is 8.72. The zero-order valence-electron chi connectivity index (χ0n) is 7.86. The molecule has 0 aliphatic rings. The molecule has 0 fully saturated rings. The minimum atomic E-state index is 0.195. The first-order valence-corrected chi connectivity index (χ1v) is 4.06. The molecular formula is C9H11N3O2. The second-order valence-corrected chi connectivity index (χ2v) is 2.54. The molecule has 0 saturated heterocycles. The predicted octanol–water partition coefficient (Wildman–Crippen LogP) is 0.561. The van der Waals surface area contributed by atoms with Crippen LogP contribution in [0.2, 0.25) is 0 Å². The van der Waals surface area contributed by atoms with E-state index in [4.69, 9.17) is 20.5 Å². The summed E-state index contributed by atoms with van der Waals surface area (Å²) < 4.78 is 10.1. The van der Waals surface area contributed by atoms with Crippen LogP contribution in [0.4, 0.5) is 5.82 Å². The SMILES string of the molecule is COCCOc1ccc(N)nc1C#N. The van der Waals surface area contributed by atoms with Crippen molar-refractivity contribution in [2.24, 2.45) is 0 Å². The number of rotatable bonds is 4. The Labute approximate surface area is 82.1 Å². The lowest BCUT2D eigenvalue weighted by atomic mass is 10.3. The summed E-state index contributed by atoms with van der Waals surface area (Å²) in [5, 5.41) is 8.72. The van der Waals surface area contributed by atoms with Crippen molar-refractivity contribution in [2.75, 3.05) is 26.1 Å². The van der Waals surface area contributed by atoms with Gasteiger partial charge in [0.1, 0.15) is 18.5 Å². The monoisotopic (exact) mass is 193 g/mol.